The molecule has 4 nitrogen and oxygen atoms in total. The zero-order chi connectivity index (χ0) is 15.1. The van der Waals surface area contributed by atoms with Gasteiger partial charge in [-0.1, -0.05) is 36.4 Å². The molecule has 0 spiro atoms. The summed E-state index contributed by atoms with van der Waals surface area (Å²) in [4.78, 5) is 12.1. The highest BCUT2D eigenvalue weighted by Gasteiger charge is 2.16. The molecule has 1 atom stereocenters. The summed E-state index contributed by atoms with van der Waals surface area (Å²) in [6.45, 7) is 2.44. The van der Waals surface area contributed by atoms with E-state index in [1.54, 1.807) is 6.92 Å². The summed E-state index contributed by atoms with van der Waals surface area (Å²) in [6, 6.07) is 17.1. The first-order chi connectivity index (χ1) is 10.2. The van der Waals surface area contributed by atoms with Crippen molar-refractivity contribution in [2.75, 3.05) is 12.4 Å². The van der Waals surface area contributed by atoms with Crippen molar-refractivity contribution in [3.05, 3.63) is 60.2 Å². The molecule has 0 bridgehead atoms. The Morgan fingerprint density at radius 2 is 1.76 bits per heavy atom. The average Bonchev–Trinajstić information content (AvgIpc) is 2.50. The third-order valence-corrected chi connectivity index (χ3v) is 3.05. The highest BCUT2D eigenvalue weighted by molar-refractivity contribution is 5.94. The molecule has 0 radical (unpaired) electrons. The van der Waals surface area contributed by atoms with Crippen molar-refractivity contribution in [3.63, 3.8) is 0 Å². The molecule has 0 aliphatic rings. The van der Waals surface area contributed by atoms with Crippen molar-refractivity contribution in [1.29, 1.82) is 0 Å². The van der Waals surface area contributed by atoms with Crippen LogP contribution in [-0.2, 0) is 11.3 Å². The minimum absolute atomic E-state index is 0.166. The number of benzene rings is 2. The third kappa shape index (κ3) is 4.33. The monoisotopic (exact) mass is 284 g/mol. The van der Waals surface area contributed by atoms with Crippen LogP contribution in [0.2, 0.25) is 0 Å². The van der Waals surface area contributed by atoms with Crippen LogP contribution >= 0.6 is 0 Å². The Kier molecular flexibility index (Phi) is 5.35. The summed E-state index contributed by atoms with van der Waals surface area (Å²) >= 11 is 0. The van der Waals surface area contributed by atoms with Crippen LogP contribution in [-0.4, -0.2) is 19.1 Å². The van der Waals surface area contributed by atoms with Crippen molar-refractivity contribution < 1.29 is 9.53 Å². The standard InChI is InChI=1S/C17H20N2O2/c1-13(17(20)19-15-9-4-3-5-10-15)21-16-11-7-6-8-14(16)12-18-2/h3-11,13,18H,12H2,1-2H3,(H,19,20). The number of ether oxygens (including phenoxy) is 1. The van der Waals surface area contributed by atoms with Crippen LogP contribution in [0, 0.1) is 0 Å². The second kappa shape index (κ2) is 7.45. The Bertz CT molecular complexity index is 584. The summed E-state index contributed by atoms with van der Waals surface area (Å²) in [5.74, 6) is 0.558. The second-order valence-corrected chi connectivity index (χ2v) is 4.75. The Labute approximate surface area is 125 Å². The molecule has 0 fully saturated rings. The first-order valence-electron chi connectivity index (χ1n) is 6.96. The number of rotatable bonds is 6. The van der Waals surface area contributed by atoms with Gasteiger partial charge in [-0.3, -0.25) is 4.79 Å². The van der Waals surface area contributed by atoms with Gasteiger partial charge in [0.25, 0.3) is 5.91 Å². The molecule has 21 heavy (non-hydrogen) atoms. The van der Waals surface area contributed by atoms with Gasteiger partial charge < -0.3 is 15.4 Å². The van der Waals surface area contributed by atoms with Crippen LogP contribution in [0.1, 0.15) is 12.5 Å². The van der Waals surface area contributed by atoms with Gasteiger partial charge in [0.1, 0.15) is 5.75 Å². The predicted octanol–water partition coefficient (Wildman–Crippen LogP) is 2.81. The molecule has 110 valence electrons. The van der Waals surface area contributed by atoms with Crippen LogP contribution in [0.5, 0.6) is 5.75 Å². The van der Waals surface area contributed by atoms with Gasteiger partial charge in [-0.15, -0.1) is 0 Å². The maximum atomic E-state index is 12.1. The highest BCUT2D eigenvalue weighted by Crippen LogP contribution is 2.19. The zero-order valence-electron chi connectivity index (χ0n) is 12.3. The van der Waals surface area contributed by atoms with Crippen molar-refractivity contribution in [2.45, 2.75) is 19.6 Å². The molecule has 2 N–H and O–H groups in total. The van der Waals surface area contributed by atoms with E-state index in [4.69, 9.17) is 4.74 Å². The summed E-state index contributed by atoms with van der Waals surface area (Å²) < 4.78 is 5.78. The molecule has 2 rings (SSSR count). The number of anilines is 1. The molecule has 0 aliphatic carbocycles. The van der Waals surface area contributed by atoms with Gasteiger partial charge in [-0.25, -0.2) is 0 Å². The van der Waals surface area contributed by atoms with E-state index in [9.17, 15) is 4.79 Å². The number of nitrogens with one attached hydrogen (secondary N) is 2. The predicted molar refractivity (Wildman–Crippen MR) is 84.4 cm³/mol. The van der Waals surface area contributed by atoms with Crippen LogP contribution in [0.3, 0.4) is 0 Å². The van der Waals surface area contributed by atoms with Gasteiger partial charge in [0.2, 0.25) is 0 Å². The van der Waals surface area contributed by atoms with E-state index in [1.807, 2.05) is 61.6 Å². The van der Waals surface area contributed by atoms with Crippen molar-refractivity contribution >= 4 is 11.6 Å². The van der Waals surface area contributed by atoms with Crippen molar-refractivity contribution in [3.8, 4) is 5.75 Å². The summed E-state index contributed by atoms with van der Waals surface area (Å²) in [7, 11) is 1.88. The Balaban J connectivity index is 2.01. The minimum atomic E-state index is -0.566. The van der Waals surface area contributed by atoms with Crippen molar-refractivity contribution in [2.24, 2.45) is 0 Å². The first-order valence-corrected chi connectivity index (χ1v) is 6.96. The summed E-state index contributed by atoms with van der Waals surface area (Å²) in [5.41, 5.74) is 1.79. The number of para-hydroxylation sites is 2. The van der Waals surface area contributed by atoms with Gasteiger partial charge in [0, 0.05) is 17.8 Å². The van der Waals surface area contributed by atoms with Crippen molar-refractivity contribution in [1.82, 2.24) is 5.32 Å². The van der Waals surface area contributed by atoms with Gasteiger partial charge in [0.05, 0.1) is 0 Å². The number of hydrogen-bond donors (Lipinski definition) is 2. The van der Waals surface area contributed by atoms with E-state index in [1.165, 1.54) is 0 Å². The molecule has 2 aromatic rings. The highest BCUT2D eigenvalue weighted by atomic mass is 16.5. The fourth-order valence-electron chi connectivity index (χ4n) is 1.96. The normalized spacial score (nSPS) is 11.7. The van der Waals surface area contributed by atoms with Crippen LogP contribution < -0.4 is 15.4 Å². The van der Waals surface area contributed by atoms with E-state index in [-0.39, 0.29) is 5.91 Å². The lowest BCUT2D eigenvalue weighted by molar-refractivity contribution is -0.122. The maximum absolute atomic E-state index is 12.1. The largest absolute Gasteiger partial charge is 0.481 e. The van der Waals surface area contributed by atoms with Gasteiger partial charge in [-0.05, 0) is 32.2 Å². The van der Waals surface area contributed by atoms with E-state index in [0.29, 0.717) is 6.54 Å². The molecule has 1 unspecified atom stereocenters. The first kappa shape index (κ1) is 15.1. The fourth-order valence-corrected chi connectivity index (χ4v) is 1.96. The lowest BCUT2D eigenvalue weighted by atomic mass is 10.2. The van der Waals surface area contributed by atoms with E-state index in [2.05, 4.69) is 10.6 Å². The number of carbonyl (C=O) groups is 1. The molecular weight excluding hydrogens is 264 g/mol. The van der Waals surface area contributed by atoms with E-state index >= 15 is 0 Å². The minimum Gasteiger partial charge on any atom is -0.481 e. The number of amides is 1. The smallest absolute Gasteiger partial charge is 0.265 e. The Hall–Kier alpha value is -2.33. The molecule has 0 saturated heterocycles. The van der Waals surface area contributed by atoms with E-state index in [0.717, 1.165) is 17.0 Å². The Morgan fingerprint density at radius 1 is 1.10 bits per heavy atom. The zero-order valence-corrected chi connectivity index (χ0v) is 12.3. The molecule has 0 saturated carbocycles. The SMILES string of the molecule is CNCc1ccccc1OC(C)C(=O)Nc1ccccc1. The average molecular weight is 284 g/mol. The fraction of sp³-hybridized carbons (Fsp3) is 0.235. The van der Waals surface area contributed by atoms with Gasteiger partial charge in [0.15, 0.2) is 6.10 Å². The quantitative estimate of drug-likeness (QED) is 0.857. The topological polar surface area (TPSA) is 50.4 Å². The molecule has 1 amide bonds. The maximum Gasteiger partial charge on any atom is 0.265 e. The van der Waals surface area contributed by atoms with Crippen LogP contribution in [0.25, 0.3) is 0 Å². The summed E-state index contributed by atoms with van der Waals surface area (Å²) in [6.07, 6.45) is -0.566. The van der Waals surface area contributed by atoms with Crippen LogP contribution in [0.15, 0.2) is 54.6 Å². The second-order valence-electron chi connectivity index (χ2n) is 4.75. The van der Waals surface area contributed by atoms with E-state index < -0.39 is 6.10 Å². The molecule has 0 heterocycles. The summed E-state index contributed by atoms with van der Waals surface area (Å²) in [5, 5.41) is 5.92. The lowest BCUT2D eigenvalue weighted by Gasteiger charge is -2.17. The lowest BCUT2D eigenvalue weighted by Crippen LogP contribution is -2.30. The molecule has 0 aliphatic heterocycles. The number of hydrogen-bond acceptors (Lipinski definition) is 3. The molecule has 0 aromatic heterocycles. The van der Waals surface area contributed by atoms with Gasteiger partial charge >= 0.3 is 0 Å². The number of carbonyl (C=O) groups excluding carboxylic acids is 1. The molecular formula is C17H20N2O2. The molecule has 4 heteroatoms. The third-order valence-electron chi connectivity index (χ3n) is 3.05. The van der Waals surface area contributed by atoms with Gasteiger partial charge in [-0.2, -0.15) is 0 Å². The molecule has 2 aromatic carbocycles. The van der Waals surface area contributed by atoms with Crippen LogP contribution in [0.4, 0.5) is 5.69 Å². The Morgan fingerprint density at radius 3 is 2.48 bits per heavy atom.